The Morgan fingerprint density at radius 3 is 1.16 bits per heavy atom. The quantitative estimate of drug-likeness (QED) is 0.616. The Morgan fingerprint density at radius 2 is 0.920 bits per heavy atom. The lowest BCUT2D eigenvalue weighted by Gasteiger charge is -2.31. The van der Waals surface area contributed by atoms with Crippen molar-refractivity contribution in [3.63, 3.8) is 0 Å². The van der Waals surface area contributed by atoms with Crippen LogP contribution in [0.15, 0.2) is 0 Å². The van der Waals surface area contributed by atoms with Crippen LogP contribution in [0.1, 0.15) is 6.92 Å². The first kappa shape index (κ1) is 20.5. The second kappa shape index (κ2) is 9.67. The first-order chi connectivity index (χ1) is 11.7. The van der Waals surface area contributed by atoms with Crippen molar-refractivity contribution < 1.29 is 34.5 Å². The van der Waals surface area contributed by atoms with Gasteiger partial charge in [0.1, 0.15) is 5.78 Å². The number of hydrogen-bond acceptors (Lipinski definition) is 5. The first-order valence-corrected chi connectivity index (χ1v) is 7.86. The average Bonchev–Trinajstić information content (AvgIpc) is 2.48. The van der Waals surface area contributed by atoms with E-state index >= 15 is 0 Å². The molecule has 0 aliphatic carbocycles. The summed E-state index contributed by atoms with van der Waals surface area (Å²) in [5, 5.41) is 27.7. The van der Waals surface area contributed by atoms with Crippen molar-refractivity contribution in [3.05, 3.63) is 0 Å². The Balaban J connectivity index is 2.90. The van der Waals surface area contributed by atoms with Gasteiger partial charge in [-0.15, -0.1) is 0 Å². The van der Waals surface area contributed by atoms with E-state index in [1.165, 1.54) is 6.92 Å². The number of rotatable bonds is 2. The van der Waals surface area contributed by atoms with Crippen LogP contribution in [0.3, 0.4) is 0 Å². The zero-order valence-corrected chi connectivity index (χ0v) is 14.1. The summed E-state index contributed by atoms with van der Waals surface area (Å²) in [6.07, 6.45) is -3.57. The Bertz CT molecular complexity index is 483. The number of carbonyl (C=O) groups is 4. The van der Waals surface area contributed by atoms with Crippen molar-refractivity contribution in [2.24, 2.45) is 0 Å². The van der Waals surface area contributed by atoms with E-state index in [9.17, 15) is 34.5 Å². The molecule has 1 heterocycles. The van der Waals surface area contributed by atoms with Crippen molar-refractivity contribution in [3.8, 4) is 0 Å². The minimum atomic E-state index is -1.23. The molecule has 0 spiro atoms. The monoisotopic (exact) mass is 360 g/mol. The molecule has 1 rings (SSSR count). The summed E-state index contributed by atoms with van der Waals surface area (Å²) in [4.78, 5) is 50.1. The third kappa shape index (κ3) is 7.25. The predicted molar refractivity (Wildman–Crippen MR) is 85.9 cm³/mol. The van der Waals surface area contributed by atoms with Crippen LogP contribution in [0.5, 0.6) is 0 Å². The number of hydrogen-bond donors (Lipinski definition) is 3. The van der Waals surface area contributed by atoms with Crippen LogP contribution < -0.4 is 0 Å². The number of ketones is 1. The highest BCUT2D eigenvalue weighted by Crippen LogP contribution is 2.02. The largest absolute Gasteiger partial charge is 0.465 e. The second-order valence-electron chi connectivity index (χ2n) is 5.79. The van der Waals surface area contributed by atoms with Gasteiger partial charge in [-0.05, 0) is 6.92 Å². The zero-order chi connectivity index (χ0) is 19.0. The van der Waals surface area contributed by atoms with Crippen molar-refractivity contribution >= 4 is 24.1 Å². The first-order valence-electron chi connectivity index (χ1n) is 7.86. The van der Waals surface area contributed by atoms with Gasteiger partial charge >= 0.3 is 18.3 Å². The van der Waals surface area contributed by atoms with E-state index in [0.717, 1.165) is 14.7 Å². The molecule has 11 heteroatoms. The van der Waals surface area contributed by atoms with Crippen LogP contribution in [-0.2, 0) is 4.79 Å². The molecular formula is C14H24N4O7. The summed E-state index contributed by atoms with van der Waals surface area (Å²) in [5.41, 5.74) is 0. The third-order valence-electron chi connectivity index (χ3n) is 3.91. The maximum absolute atomic E-state index is 11.4. The summed E-state index contributed by atoms with van der Waals surface area (Å²) in [6, 6.07) is 0. The van der Waals surface area contributed by atoms with Crippen LogP contribution in [0.4, 0.5) is 14.4 Å². The van der Waals surface area contributed by atoms with Gasteiger partial charge in [0.15, 0.2) is 0 Å². The molecule has 0 atom stereocenters. The summed E-state index contributed by atoms with van der Waals surface area (Å²) < 4.78 is 0. The molecule has 0 radical (unpaired) electrons. The lowest BCUT2D eigenvalue weighted by atomic mass is 10.3. The van der Waals surface area contributed by atoms with Gasteiger partial charge in [0, 0.05) is 52.4 Å². The highest BCUT2D eigenvalue weighted by Gasteiger charge is 2.22. The summed E-state index contributed by atoms with van der Waals surface area (Å²) in [5.74, 6) is -0.104. The topological polar surface area (TPSA) is 142 Å². The molecule has 0 bridgehead atoms. The SMILES string of the molecule is CC(=O)CN1CCN(C(=O)O)CCN(C(=O)O)CCN(C(=O)O)CC1. The van der Waals surface area contributed by atoms with E-state index in [0.29, 0.717) is 0 Å². The zero-order valence-electron chi connectivity index (χ0n) is 14.1. The molecule has 0 unspecified atom stereocenters. The fraction of sp³-hybridized carbons (Fsp3) is 0.714. The van der Waals surface area contributed by atoms with Gasteiger partial charge in [0.05, 0.1) is 6.54 Å². The standard InChI is InChI=1S/C14H24N4O7/c1-11(19)10-15-2-4-16(12(20)21)6-8-18(14(24)25)9-7-17(5-3-15)13(22)23/h2-10H2,1H3,(H,20,21)(H,22,23)(H,24,25). The van der Waals surface area contributed by atoms with E-state index < -0.39 is 18.3 Å². The summed E-state index contributed by atoms with van der Waals surface area (Å²) in [6.45, 7) is 2.06. The highest BCUT2D eigenvalue weighted by atomic mass is 16.4. The van der Waals surface area contributed by atoms with E-state index in [-0.39, 0.29) is 64.7 Å². The smallest absolute Gasteiger partial charge is 0.407 e. The molecule has 1 aliphatic heterocycles. The molecule has 11 nitrogen and oxygen atoms in total. The molecule has 25 heavy (non-hydrogen) atoms. The maximum atomic E-state index is 11.4. The summed E-state index contributed by atoms with van der Waals surface area (Å²) in [7, 11) is 0. The molecule has 0 saturated carbocycles. The van der Waals surface area contributed by atoms with E-state index in [2.05, 4.69) is 0 Å². The van der Waals surface area contributed by atoms with Gasteiger partial charge in [-0.25, -0.2) is 14.4 Å². The Hall–Kier alpha value is -2.56. The van der Waals surface area contributed by atoms with E-state index in [4.69, 9.17) is 0 Å². The molecule has 0 aromatic rings. The van der Waals surface area contributed by atoms with Crippen molar-refractivity contribution in [2.75, 3.05) is 58.9 Å². The van der Waals surface area contributed by atoms with Crippen LogP contribution in [-0.4, -0.2) is 118 Å². The Labute approximate surface area is 145 Å². The lowest BCUT2D eigenvalue weighted by Crippen LogP contribution is -2.49. The lowest BCUT2D eigenvalue weighted by molar-refractivity contribution is -0.118. The molecule has 3 amide bonds. The number of amides is 3. The van der Waals surface area contributed by atoms with Gasteiger partial charge in [-0.2, -0.15) is 0 Å². The van der Waals surface area contributed by atoms with Crippen LogP contribution >= 0.6 is 0 Å². The van der Waals surface area contributed by atoms with E-state index in [1.807, 2.05) is 0 Å². The van der Waals surface area contributed by atoms with Crippen molar-refractivity contribution in [1.29, 1.82) is 0 Å². The molecule has 1 saturated heterocycles. The molecule has 1 aliphatic rings. The minimum absolute atomic E-state index is 0.0252. The number of carboxylic acid groups (broad SMARTS) is 3. The number of nitrogens with zero attached hydrogens (tertiary/aromatic N) is 4. The molecule has 0 aromatic heterocycles. The molecule has 1 fully saturated rings. The third-order valence-corrected chi connectivity index (χ3v) is 3.91. The van der Waals surface area contributed by atoms with Crippen LogP contribution in [0, 0.1) is 0 Å². The van der Waals surface area contributed by atoms with E-state index in [1.54, 1.807) is 4.90 Å². The maximum Gasteiger partial charge on any atom is 0.407 e. The average molecular weight is 360 g/mol. The van der Waals surface area contributed by atoms with Crippen molar-refractivity contribution in [2.45, 2.75) is 6.92 Å². The van der Waals surface area contributed by atoms with Gasteiger partial charge < -0.3 is 30.0 Å². The van der Waals surface area contributed by atoms with Crippen LogP contribution in [0.2, 0.25) is 0 Å². The Morgan fingerprint density at radius 1 is 0.640 bits per heavy atom. The molecule has 0 aromatic carbocycles. The predicted octanol–water partition coefficient (Wildman–Crippen LogP) is -0.169. The number of Topliss-reactive ketones (excluding diaryl/α,β-unsaturated/α-hetero) is 1. The fourth-order valence-electron chi connectivity index (χ4n) is 2.50. The minimum Gasteiger partial charge on any atom is -0.465 e. The molecule has 3 N–H and O–H groups in total. The van der Waals surface area contributed by atoms with Gasteiger partial charge in [0.2, 0.25) is 0 Å². The second-order valence-corrected chi connectivity index (χ2v) is 5.79. The van der Waals surface area contributed by atoms with Crippen LogP contribution in [0.25, 0.3) is 0 Å². The Kier molecular flexibility index (Phi) is 7.92. The molecule has 142 valence electrons. The summed E-state index contributed by atoms with van der Waals surface area (Å²) >= 11 is 0. The number of carbonyl (C=O) groups excluding carboxylic acids is 1. The van der Waals surface area contributed by atoms with Gasteiger partial charge in [-0.3, -0.25) is 9.69 Å². The fourth-order valence-corrected chi connectivity index (χ4v) is 2.50. The van der Waals surface area contributed by atoms with Gasteiger partial charge in [0.25, 0.3) is 0 Å². The van der Waals surface area contributed by atoms with Gasteiger partial charge in [-0.1, -0.05) is 0 Å². The molecular weight excluding hydrogens is 336 g/mol. The highest BCUT2D eigenvalue weighted by molar-refractivity contribution is 5.77. The normalized spacial score (nSPS) is 18.2. The van der Waals surface area contributed by atoms with Crippen molar-refractivity contribution in [1.82, 2.24) is 19.6 Å².